The molecule has 0 heterocycles. The van der Waals surface area contributed by atoms with Crippen molar-refractivity contribution < 1.29 is 9.84 Å². The summed E-state index contributed by atoms with van der Waals surface area (Å²) in [6, 6.07) is 6.01. The van der Waals surface area contributed by atoms with Crippen LogP contribution in [-0.2, 0) is 0 Å². The molecule has 0 amide bonds. The third-order valence-electron chi connectivity index (χ3n) is 3.58. The largest absolute Gasteiger partial charge is 0.491 e. The quantitative estimate of drug-likeness (QED) is 0.808. The molecular weight excluding hydrogens is 262 g/mol. The number of ether oxygens (including phenoxy) is 1. The predicted molar refractivity (Wildman–Crippen MR) is 77.9 cm³/mol. The Morgan fingerprint density at radius 1 is 1.47 bits per heavy atom. The molecule has 4 heteroatoms. The van der Waals surface area contributed by atoms with Gasteiger partial charge in [0.15, 0.2) is 0 Å². The number of rotatable bonds is 7. The summed E-state index contributed by atoms with van der Waals surface area (Å²) in [7, 11) is 0. The fourth-order valence-electron chi connectivity index (χ4n) is 2.04. The Bertz CT molecular complexity index is 421. The van der Waals surface area contributed by atoms with Gasteiger partial charge in [-0.25, -0.2) is 0 Å². The molecule has 106 valence electrons. The van der Waals surface area contributed by atoms with Gasteiger partial charge in [0, 0.05) is 17.6 Å². The summed E-state index contributed by atoms with van der Waals surface area (Å²) in [4.78, 5) is 0. The number of hydrogen-bond donors (Lipinski definition) is 2. The summed E-state index contributed by atoms with van der Waals surface area (Å²) < 4.78 is 5.56. The van der Waals surface area contributed by atoms with Crippen molar-refractivity contribution in [2.24, 2.45) is 5.92 Å². The van der Waals surface area contributed by atoms with Gasteiger partial charge in [0.25, 0.3) is 0 Å². The molecule has 1 fully saturated rings. The molecule has 1 aromatic carbocycles. The first-order chi connectivity index (χ1) is 9.06. The van der Waals surface area contributed by atoms with Crippen LogP contribution in [0.25, 0.3) is 0 Å². The van der Waals surface area contributed by atoms with Gasteiger partial charge in [-0.05, 0) is 56.4 Å². The van der Waals surface area contributed by atoms with Crippen molar-refractivity contribution in [1.82, 2.24) is 5.32 Å². The van der Waals surface area contributed by atoms with Gasteiger partial charge < -0.3 is 15.2 Å². The van der Waals surface area contributed by atoms with Gasteiger partial charge in [-0.3, -0.25) is 0 Å². The molecule has 0 saturated heterocycles. The summed E-state index contributed by atoms with van der Waals surface area (Å²) in [5, 5.41) is 14.0. The van der Waals surface area contributed by atoms with Crippen LogP contribution in [-0.4, -0.2) is 30.4 Å². The first-order valence-electron chi connectivity index (χ1n) is 6.86. The third kappa shape index (κ3) is 4.68. The van der Waals surface area contributed by atoms with Crippen molar-refractivity contribution in [3.05, 3.63) is 28.8 Å². The third-order valence-corrected chi connectivity index (χ3v) is 4.00. The van der Waals surface area contributed by atoms with E-state index in [0.29, 0.717) is 19.2 Å². The van der Waals surface area contributed by atoms with Crippen LogP contribution in [0.1, 0.15) is 25.3 Å². The number of hydrogen-bond acceptors (Lipinski definition) is 3. The van der Waals surface area contributed by atoms with E-state index in [4.69, 9.17) is 16.3 Å². The number of halogens is 1. The second-order valence-electron chi connectivity index (χ2n) is 5.41. The highest BCUT2D eigenvalue weighted by Crippen LogP contribution is 2.32. The molecule has 1 aromatic rings. The minimum absolute atomic E-state index is 0.297. The van der Waals surface area contributed by atoms with Gasteiger partial charge in [0.05, 0.1) is 0 Å². The zero-order valence-electron chi connectivity index (χ0n) is 11.5. The zero-order valence-corrected chi connectivity index (χ0v) is 12.3. The number of aliphatic hydroxyl groups is 1. The van der Waals surface area contributed by atoms with Crippen molar-refractivity contribution in [2.75, 3.05) is 13.2 Å². The van der Waals surface area contributed by atoms with Gasteiger partial charge in [0.2, 0.25) is 0 Å². The Labute approximate surface area is 119 Å². The highest BCUT2D eigenvalue weighted by atomic mass is 35.5. The number of benzene rings is 1. The van der Waals surface area contributed by atoms with Crippen molar-refractivity contribution in [3.63, 3.8) is 0 Å². The van der Waals surface area contributed by atoms with Gasteiger partial charge in [-0.1, -0.05) is 11.6 Å². The first-order valence-corrected chi connectivity index (χ1v) is 7.24. The minimum Gasteiger partial charge on any atom is -0.491 e. The minimum atomic E-state index is -0.489. The number of nitrogens with one attached hydrogen (secondary N) is 1. The van der Waals surface area contributed by atoms with Crippen LogP contribution in [0.4, 0.5) is 0 Å². The second kappa shape index (κ2) is 6.60. The van der Waals surface area contributed by atoms with Crippen molar-refractivity contribution in [2.45, 2.75) is 38.8 Å². The normalized spacial score (nSPS) is 18.1. The molecule has 0 bridgehead atoms. The van der Waals surface area contributed by atoms with E-state index in [1.54, 1.807) is 0 Å². The summed E-state index contributed by atoms with van der Waals surface area (Å²) >= 11 is 5.95. The van der Waals surface area contributed by atoms with Gasteiger partial charge >= 0.3 is 0 Å². The highest BCUT2D eigenvalue weighted by Gasteiger charge is 2.27. The zero-order chi connectivity index (χ0) is 13.8. The average Bonchev–Trinajstić information content (AvgIpc) is 3.21. The maximum atomic E-state index is 9.87. The second-order valence-corrected chi connectivity index (χ2v) is 5.82. The Morgan fingerprint density at radius 3 is 2.84 bits per heavy atom. The van der Waals surface area contributed by atoms with E-state index in [1.165, 1.54) is 12.8 Å². The number of aryl methyl sites for hydroxylation is 1. The molecule has 1 aliphatic carbocycles. The maximum absolute atomic E-state index is 9.87. The summed E-state index contributed by atoms with van der Waals surface area (Å²) in [6.45, 7) is 4.98. The lowest BCUT2D eigenvalue weighted by atomic mass is 10.2. The van der Waals surface area contributed by atoms with Crippen LogP contribution in [0.2, 0.25) is 5.02 Å². The SMILES string of the molecule is Cc1cc(OC[C@H](O)CN[C@@H](C)C2CC2)ccc1Cl. The molecule has 0 aliphatic heterocycles. The van der Waals surface area contributed by atoms with E-state index in [0.717, 1.165) is 22.3 Å². The highest BCUT2D eigenvalue weighted by molar-refractivity contribution is 6.31. The van der Waals surface area contributed by atoms with E-state index in [1.807, 2.05) is 25.1 Å². The summed E-state index contributed by atoms with van der Waals surface area (Å²) in [6.07, 6.45) is 2.13. The van der Waals surface area contributed by atoms with Gasteiger partial charge in [0.1, 0.15) is 18.5 Å². The molecule has 2 atom stereocenters. The fraction of sp³-hybridized carbons (Fsp3) is 0.600. The topological polar surface area (TPSA) is 41.5 Å². The van der Waals surface area contributed by atoms with E-state index >= 15 is 0 Å². The maximum Gasteiger partial charge on any atom is 0.119 e. The smallest absolute Gasteiger partial charge is 0.119 e. The van der Waals surface area contributed by atoms with Crippen LogP contribution in [0.15, 0.2) is 18.2 Å². The Balaban J connectivity index is 1.70. The van der Waals surface area contributed by atoms with Crippen molar-refractivity contribution in [1.29, 1.82) is 0 Å². The molecule has 0 aromatic heterocycles. The van der Waals surface area contributed by atoms with E-state index in [2.05, 4.69) is 12.2 Å². The standard InChI is InChI=1S/C15H22ClNO2/c1-10-7-14(5-6-15(10)16)19-9-13(18)8-17-11(2)12-3-4-12/h5-7,11-13,17-18H,3-4,8-9H2,1-2H3/t11-,13+/m0/s1. The lowest BCUT2D eigenvalue weighted by Gasteiger charge is -2.17. The van der Waals surface area contributed by atoms with Crippen LogP contribution in [0.5, 0.6) is 5.75 Å². The molecule has 1 aliphatic rings. The molecule has 0 unspecified atom stereocenters. The summed E-state index contributed by atoms with van der Waals surface area (Å²) in [5.74, 6) is 1.54. The fourth-order valence-corrected chi connectivity index (χ4v) is 2.16. The predicted octanol–water partition coefficient (Wildman–Crippen LogP) is 2.78. The average molecular weight is 284 g/mol. The van der Waals surface area contributed by atoms with Gasteiger partial charge in [-0.15, -0.1) is 0 Å². The molecule has 2 N–H and O–H groups in total. The Kier molecular flexibility index (Phi) is 5.08. The van der Waals surface area contributed by atoms with Crippen molar-refractivity contribution in [3.8, 4) is 5.75 Å². The van der Waals surface area contributed by atoms with Crippen LogP contribution in [0, 0.1) is 12.8 Å². The van der Waals surface area contributed by atoms with Crippen LogP contribution >= 0.6 is 11.6 Å². The lowest BCUT2D eigenvalue weighted by molar-refractivity contribution is 0.103. The van der Waals surface area contributed by atoms with E-state index < -0.39 is 6.10 Å². The van der Waals surface area contributed by atoms with Crippen molar-refractivity contribution >= 4 is 11.6 Å². The van der Waals surface area contributed by atoms with Crippen LogP contribution in [0.3, 0.4) is 0 Å². The molecular formula is C15H22ClNO2. The first kappa shape index (κ1) is 14.6. The molecule has 3 nitrogen and oxygen atoms in total. The van der Waals surface area contributed by atoms with E-state index in [-0.39, 0.29) is 0 Å². The van der Waals surface area contributed by atoms with Gasteiger partial charge in [-0.2, -0.15) is 0 Å². The molecule has 0 spiro atoms. The lowest BCUT2D eigenvalue weighted by Crippen LogP contribution is -2.37. The Morgan fingerprint density at radius 2 is 2.21 bits per heavy atom. The number of aliphatic hydroxyl groups excluding tert-OH is 1. The summed E-state index contributed by atoms with van der Waals surface area (Å²) in [5.41, 5.74) is 0.981. The molecule has 19 heavy (non-hydrogen) atoms. The van der Waals surface area contributed by atoms with Crippen LogP contribution < -0.4 is 10.1 Å². The Hall–Kier alpha value is -0.770. The molecule has 1 saturated carbocycles. The van der Waals surface area contributed by atoms with E-state index in [9.17, 15) is 5.11 Å². The molecule has 0 radical (unpaired) electrons. The molecule has 2 rings (SSSR count). The monoisotopic (exact) mass is 283 g/mol.